The molecule has 68 valence electrons. The van der Waals surface area contributed by atoms with Gasteiger partial charge in [0.2, 0.25) is 0 Å². The SMILES string of the molecule is Cc1cc(Cl)n2nc(CCl)nc2n1. The minimum atomic E-state index is 0.263. The highest BCUT2D eigenvalue weighted by molar-refractivity contribution is 6.29. The number of aromatic nitrogens is 4. The van der Waals surface area contributed by atoms with Crippen molar-refractivity contribution in [2.24, 2.45) is 0 Å². The van der Waals surface area contributed by atoms with Crippen LogP contribution in [0.1, 0.15) is 11.5 Å². The Balaban J connectivity index is 2.75. The number of hydrogen-bond donors (Lipinski definition) is 0. The molecule has 0 spiro atoms. The fourth-order valence-corrected chi connectivity index (χ4v) is 1.43. The average molecular weight is 217 g/mol. The second-order valence-corrected chi connectivity index (χ2v) is 3.25. The summed E-state index contributed by atoms with van der Waals surface area (Å²) in [7, 11) is 0. The van der Waals surface area contributed by atoms with Gasteiger partial charge in [-0.15, -0.1) is 16.7 Å². The fourth-order valence-electron chi connectivity index (χ4n) is 1.04. The van der Waals surface area contributed by atoms with Crippen molar-refractivity contribution in [3.05, 3.63) is 22.7 Å². The summed E-state index contributed by atoms with van der Waals surface area (Å²) in [5.74, 6) is 1.28. The van der Waals surface area contributed by atoms with Crippen molar-refractivity contribution in [3.63, 3.8) is 0 Å². The molecule has 0 bridgehead atoms. The zero-order valence-electron chi connectivity index (χ0n) is 6.83. The summed E-state index contributed by atoms with van der Waals surface area (Å²) in [6.07, 6.45) is 0. The standard InChI is InChI=1S/C7H6Cl2N4/c1-4-2-5(9)13-7(10-4)11-6(3-8)12-13/h2H,3H2,1H3. The Bertz CT molecular complexity index is 451. The Labute approximate surface area is 84.5 Å². The highest BCUT2D eigenvalue weighted by Crippen LogP contribution is 2.11. The van der Waals surface area contributed by atoms with Crippen LogP contribution in [0.15, 0.2) is 6.07 Å². The number of alkyl halides is 1. The van der Waals surface area contributed by atoms with Gasteiger partial charge >= 0.3 is 0 Å². The number of aryl methyl sites for hydroxylation is 1. The Morgan fingerprint density at radius 1 is 1.46 bits per heavy atom. The Morgan fingerprint density at radius 2 is 2.23 bits per heavy atom. The van der Waals surface area contributed by atoms with Gasteiger partial charge in [0.1, 0.15) is 5.15 Å². The highest BCUT2D eigenvalue weighted by atomic mass is 35.5. The van der Waals surface area contributed by atoms with E-state index in [2.05, 4.69) is 15.1 Å². The van der Waals surface area contributed by atoms with Crippen LogP contribution in [-0.2, 0) is 5.88 Å². The van der Waals surface area contributed by atoms with E-state index in [1.165, 1.54) is 4.52 Å². The maximum Gasteiger partial charge on any atom is 0.254 e. The molecule has 2 aromatic rings. The van der Waals surface area contributed by atoms with Gasteiger partial charge in [-0.05, 0) is 13.0 Å². The molecule has 0 saturated heterocycles. The third kappa shape index (κ3) is 1.47. The Kier molecular flexibility index (Phi) is 2.09. The van der Waals surface area contributed by atoms with Gasteiger partial charge in [-0.1, -0.05) is 11.6 Å². The van der Waals surface area contributed by atoms with E-state index in [1.54, 1.807) is 6.07 Å². The van der Waals surface area contributed by atoms with Gasteiger partial charge in [-0.25, -0.2) is 4.98 Å². The molecule has 0 aliphatic carbocycles. The summed E-state index contributed by atoms with van der Waals surface area (Å²) in [4.78, 5) is 8.23. The van der Waals surface area contributed by atoms with Gasteiger partial charge in [0.05, 0.1) is 5.88 Å². The molecule has 0 fully saturated rings. The van der Waals surface area contributed by atoms with Crippen molar-refractivity contribution in [3.8, 4) is 0 Å². The van der Waals surface area contributed by atoms with E-state index in [1.807, 2.05) is 6.92 Å². The third-order valence-electron chi connectivity index (χ3n) is 1.56. The molecule has 0 radical (unpaired) electrons. The second kappa shape index (κ2) is 3.12. The maximum absolute atomic E-state index is 5.91. The third-order valence-corrected chi connectivity index (χ3v) is 2.07. The molecule has 0 atom stereocenters. The second-order valence-electron chi connectivity index (χ2n) is 2.59. The summed E-state index contributed by atoms with van der Waals surface area (Å²) < 4.78 is 1.46. The van der Waals surface area contributed by atoms with Crippen LogP contribution in [0.25, 0.3) is 5.78 Å². The summed E-state index contributed by atoms with van der Waals surface area (Å²) in [6, 6.07) is 1.72. The van der Waals surface area contributed by atoms with Crippen molar-refractivity contribution in [1.82, 2.24) is 19.6 Å². The number of hydrogen-bond acceptors (Lipinski definition) is 3. The molecule has 0 saturated carbocycles. The molecule has 2 rings (SSSR count). The van der Waals surface area contributed by atoms with Crippen LogP contribution < -0.4 is 0 Å². The number of fused-ring (bicyclic) bond motifs is 1. The van der Waals surface area contributed by atoms with Crippen LogP contribution in [0, 0.1) is 6.92 Å². The van der Waals surface area contributed by atoms with Gasteiger partial charge in [-0.3, -0.25) is 0 Å². The lowest BCUT2D eigenvalue weighted by Crippen LogP contribution is -1.94. The minimum absolute atomic E-state index is 0.263. The van der Waals surface area contributed by atoms with E-state index >= 15 is 0 Å². The number of halogens is 2. The predicted molar refractivity (Wildman–Crippen MR) is 50.1 cm³/mol. The zero-order valence-corrected chi connectivity index (χ0v) is 8.34. The van der Waals surface area contributed by atoms with Crippen LogP contribution in [0.2, 0.25) is 5.15 Å². The van der Waals surface area contributed by atoms with Gasteiger partial charge in [0.25, 0.3) is 5.78 Å². The maximum atomic E-state index is 5.91. The Morgan fingerprint density at radius 3 is 2.92 bits per heavy atom. The number of nitrogens with zero attached hydrogens (tertiary/aromatic N) is 4. The van der Waals surface area contributed by atoms with Crippen LogP contribution in [0.5, 0.6) is 0 Å². The molecule has 2 heterocycles. The lowest BCUT2D eigenvalue weighted by atomic mass is 10.5. The van der Waals surface area contributed by atoms with Crippen molar-refractivity contribution in [2.75, 3.05) is 0 Å². The zero-order chi connectivity index (χ0) is 9.42. The van der Waals surface area contributed by atoms with Crippen LogP contribution >= 0.6 is 23.2 Å². The van der Waals surface area contributed by atoms with Gasteiger partial charge < -0.3 is 0 Å². The minimum Gasteiger partial charge on any atom is -0.216 e. The Hall–Kier alpha value is -0.870. The first kappa shape index (κ1) is 8.72. The van der Waals surface area contributed by atoms with Gasteiger partial charge in [0, 0.05) is 5.69 Å². The van der Waals surface area contributed by atoms with Crippen LogP contribution in [0.4, 0.5) is 0 Å². The van der Waals surface area contributed by atoms with Gasteiger partial charge in [0.15, 0.2) is 5.82 Å². The van der Waals surface area contributed by atoms with E-state index < -0.39 is 0 Å². The lowest BCUT2D eigenvalue weighted by molar-refractivity contribution is 0.904. The molecule has 13 heavy (non-hydrogen) atoms. The summed E-state index contributed by atoms with van der Waals surface area (Å²) in [5, 5.41) is 4.54. The molecule has 0 N–H and O–H groups in total. The van der Waals surface area contributed by atoms with Crippen molar-refractivity contribution in [1.29, 1.82) is 0 Å². The van der Waals surface area contributed by atoms with Crippen molar-refractivity contribution < 1.29 is 0 Å². The molecule has 0 unspecified atom stereocenters. The lowest BCUT2D eigenvalue weighted by Gasteiger charge is -1.95. The predicted octanol–water partition coefficient (Wildman–Crippen LogP) is 1.82. The highest BCUT2D eigenvalue weighted by Gasteiger charge is 2.06. The molecule has 4 nitrogen and oxygen atoms in total. The van der Waals surface area contributed by atoms with E-state index in [9.17, 15) is 0 Å². The fraction of sp³-hybridized carbons (Fsp3) is 0.286. The van der Waals surface area contributed by atoms with Crippen LogP contribution in [-0.4, -0.2) is 19.6 Å². The van der Waals surface area contributed by atoms with Gasteiger partial charge in [-0.2, -0.15) is 9.50 Å². The smallest absolute Gasteiger partial charge is 0.216 e. The first-order chi connectivity index (χ1) is 6.20. The summed E-state index contributed by atoms with van der Waals surface area (Å²) >= 11 is 11.5. The molecule has 0 aliphatic rings. The molecular weight excluding hydrogens is 211 g/mol. The molecule has 6 heteroatoms. The molecule has 0 aromatic carbocycles. The van der Waals surface area contributed by atoms with Crippen LogP contribution in [0.3, 0.4) is 0 Å². The van der Waals surface area contributed by atoms with E-state index in [0.29, 0.717) is 16.8 Å². The van der Waals surface area contributed by atoms with E-state index in [4.69, 9.17) is 23.2 Å². The monoisotopic (exact) mass is 216 g/mol. The first-order valence-corrected chi connectivity index (χ1v) is 4.56. The quantitative estimate of drug-likeness (QED) is 0.540. The summed E-state index contributed by atoms with van der Waals surface area (Å²) in [5.41, 5.74) is 0.811. The average Bonchev–Trinajstić information content (AvgIpc) is 2.47. The first-order valence-electron chi connectivity index (χ1n) is 3.65. The largest absolute Gasteiger partial charge is 0.254 e. The van der Waals surface area contributed by atoms with Crippen molar-refractivity contribution in [2.45, 2.75) is 12.8 Å². The molecule has 0 aliphatic heterocycles. The molecular formula is C7H6Cl2N4. The van der Waals surface area contributed by atoms with E-state index in [-0.39, 0.29) is 5.88 Å². The normalized spacial score (nSPS) is 11.0. The molecule has 0 amide bonds. The van der Waals surface area contributed by atoms with E-state index in [0.717, 1.165) is 5.69 Å². The van der Waals surface area contributed by atoms with Crippen molar-refractivity contribution >= 4 is 29.0 Å². The number of rotatable bonds is 1. The summed E-state index contributed by atoms with van der Waals surface area (Å²) in [6.45, 7) is 1.85. The molecule has 2 aromatic heterocycles. The topological polar surface area (TPSA) is 43.1 Å².